The molecule has 0 amide bonds. The number of carbonyl (C=O) groups excluding carboxylic acids is 1. The van der Waals surface area contributed by atoms with Gasteiger partial charge in [0.2, 0.25) is 0 Å². The maximum atomic E-state index is 11.8. The molecule has 0 N–H and O–H groups in total. The Hall–Kier alpha value is -1.77. The SMILES string of the molecule is CCOc1ccc2c(ccn2CC(=O)C2CC2)c1. The van der Waals surface area contributed by atoms with Gasteiger partial charge in [0.25, 0.3) is 0 Å². The van der Waals surface area contributed by atoms with Crippen LogP contribution in [0.15, 0.2) is 30.5 Å². The van der Waals surface area contributed by atoms with Crippen molar-refractivity contribution in [2.24, 2.45) is 5.92 Å². The highest BCUT2D eigenvalue weighted by atomic mass is 16.5. The molecule has 1 aromatic carbocycles. The largest absolute Gasteiger partial charge is 0.494 e. The molecule has 0 atom stereocenters. The normalized spacial score (nSPS) is 14.9. The van der Waals surface area contributed by atoms with E-state index < -0.39 is 0 Å². The van der Waals surface area contributed by atoms with Gasteiger partial charge in [-0.2, -0.15) is 0 Å². The molecule has 0 unspecified atom stereocenters. The molecule has 1 fully saturated rings. The van der Waals surface area contributed by atoms with Crippen LogP contribution >= 0.6 is 0 Å². The lowest BCUT2D eigenvalue weighted by atomic mass is 10.2. The van der Waals surface area contributed by atoms with Crippen molar-refractivity contribution in [3.8, 4) is 5.75 Å². The molecule has 18 heavy (non-hydrogen) atoms. The van der Waals surface area contributed by atoms with Crippen molar-refractivity contribution in [2.75, 3.05) is 6.61 Å². The van der Waals surface area contributed by atoms with Gasteiger partial charge in [0.05, 0.1) is 13.2 Å². The van der Waals surface area contributed by atoms with Crippen LogP contribution in [0.25, 0.3) is 10.9 Å². The average Bonchev–Trinajstić information content (AvgIpc) is 3.14. The molecular weight excluding hydrogens is 226 g/mol. The van der Waals surface area contributed by atoms with Gasteiger partial charge in [-0.15, -0.1) is 0 Å². The Balaban J connectivity index is 1.86. The van der Waals surface area contributed by atoms with Crippen LogP contribution in [-0.4, -0.2) is 17.0 Å². The first-order chi connectivity index (χ1) is 8.78. The van der Waals surface area contributed by atoms with Crippen molar-refractivity contribution in [1.82, 2.24) is 4.57 Å². The molecular formula is C15H17NO2. The molecule has 0 radical (unpaired) electrons. The van der Waals surface area contributed by atoms with E-state index >= 15 is 0 Å². The summed E-state index contributed by atoms with van der Waals surface area (Å²) in [5.74, 6) is 1.57. The Morgan fingerprint density at radius 2 is 2.22 bits per heavy atom. The maximum absolute atomic E-state index is 11.8. The third-order valence-corrected chi connectivity index (χ3v) is 3.41. The molecule has 3 nitrogen and oxygen atoms in total. The van der Waals surface area contributed by atoms with Gasteiger partial charge in [-0.1, -0.05) is 0 Å². The van der Waals surface area contributed by atoms with Crippen LogP contribution in [0, 0.1) is 5.92 Å². The number of nitrogens with zero attached hydrogens (tertiary/aromatic N) is 1. The van der Waals surface area contributed by atoms with Crippen LogP contribution in [0.4, 0.5) is 0 Å². The lowest BCUT2D eigenvalue weighted by Gasteiger charge is -2.06. The molecule has 0 aliphatic heterocycles. The predicted octanol–water partition coefficient (Wildman–Crippen LogP) is 3.02. The number of benzene rings is 1. The summed E-state index contributed by atoms with van der Waals surface area (Å²) in [6, 6.07) is 8.05. The average molecular weight is 243 g/mol. The van der Waals surface area contributed by atoms with Crippen molar-refractivity contribution in [2.45, 2.75) is 26.3 Å². The summed E-state index contributed by atoms with van der Waals surface area (Å²) < 4.78 is 7.51. The Bertz CT molecular complexity index is 581. The first-order valence-corrected chi connectivity index (χ1v) is 6.52. The molecule has 2 aromatic rings. The van der Waals surface area contributed by atoms with E-state index in [0.29, 0.717) is 24.9 Å². The topological polar surface area (TPSA) is 31.2 Å². The monoisotopic (exact) mass is 243 g/mol. The number of rotatable bonds is 5. The molecule has 94 valence electrons. The fourth-order valence-corrected chi connectivity index (χ4v) is 2.27. The zero-order chi connectivity index (χ0) is 12.5. The van der Waals surface area contributed by atoms with Crippen molar-refractivity contribution < 1.29 is 9.53 Å². The van der Waals surface area contributed by atoms with Crippen molar-refractivity contribution in [3.05, 3.63) is 30.5 Å². The summed E-state index contributed by atoms with van der Waals surface area (Å²) in [6.07, 6.45) is 4.14. The number of hydrogen-bond donors (Lipinski definition) is 0. The Kier molecular flexibility index (Phi) is 2.82. The molecule has 1 heterocycles. The maximum Gasteiger partial charge on any atom is 0.155 e. The Morgan fingerprint density at radius 3 is 2.94 bits per heavy atom. The lowest BCUT2D eigenvalue weighted by molar-refractivity contribution is -0.120. The van der Waals surface area contributed by atoms with Crippen LogP contribution in [0.5, 0.6) is 5.75 Å². The van der Waals surface area contributed by atoms with Crippen molar-refractivity contribution >= 4 is 16.7 Å². The number of hydrogen-bond acceptors (Lipinski definition) is 2. The van der Waals surface area contributed by atoms with Gasteiger partial charge in [0, 0.05) is 23.0 Å². The van der Waals surface area contributed by atoms with Crippen LogP contribution < -0.4 is 4.74 Å². The van der Waals surface area contributed by atoms with E-state index in [0.717, 1.165) is 29.5 Å². The van der Waals surface area contributed by atoms with Gasteiger partial charge in [0.15, 0.2) is 5.78 Å². The molecule has 1 aliphatic carbocycles. The highest BCUT2D eigenvalue weighted by Gasteiger charge is 2.29. The zero-order valence-corrected chi connectivity index (χ0v) is 10.6. The first kappa shape index (κ1) is 11.3. The molecule has 1 aliphatic rings. The minimum absolute atomic E-state index is 0.324. The van der Waals surface area contributed by atoms with Crippen LogP contribution in [-0.2, 0) is 11.3 Å². The molecule has 3 heteroatoms. The molecule has 1 aromatic heterocycles. The highest BCUT2D eigenvalue weighted by molar-refractivity contribution is 5.87. The third-order valence-electron chi connectivity index (χ3n) is 3.41. The molecule has 0 saturated heterocycles. The molecule has 0 spiro atoms. The molecule has 1 saturated carbocycles. The van der Waals surface area contributed by atoms with Gasteiger partial charge in [0.1, 0.15) is 5.75 Å². The van der Waals surface area contributed by atoms with Gasteiger partial charge in [-0.3, -0.25) is 4.79 Å². The van der Waals surface area contributed by atoms with Gasteiger partial charge < -0.3 is 9.30 Å². The number of fused-ring (bicyclic) bond motifs is 1. The quantitative estimate of drug-likeness (QED) is 0.808. The predicted molar refractivity (Wildman–Crippen MR) is 70.8 cm³/mol. The fraction of sp³-hybridized carbons (Fsp3) is 0.400. The minimum Gasteiger partial charge on any atom is -0.494 e. The summed E-state index contributed by atoms with van der Waals surface area (Å²) in [4.78, 5) is 11.8. The summed E-state index contributed by atoms with van der Waals surface area (Å²) in [5, 5.41) is 1.13. The van der Waals surface area contributed by atoms with Crippen molar-refractivity contribution in [1.29, 1.82) is 0 Å². The minimum atomic E-state index is 0.324. The zero-order valence-electron chi connectivity index (χ0n) is 10.6. The standard InChI is InChI=1S/C15H17NO2/c1-2-18-13-5-6-14-12(9-13)7-8-16(14)10-15(17)11-3-4-11/h5-9,11H,2-4,10H2,1H3. The summed E-state index contributed by atoms with van der Waals surface area (Å²) in [7, 11) is 0. The van der Waals surface area contributed by atoms with Gasteiger partial charge >= 0.3 is 0 Å². The van der Waals surface area contributed by atoms with E-state index in [1.165, 1.54) is 0 Å². The van der Waals surface area contributed by atoms with Crippen LogP contribution in [0.3, 0.4) is 0 Å². The summed E-state index contributed by atoms with van der Waals surface area (Å²) in [5.41, 5.74) is 1.10. The van der Waals surface area contributed by atoms with Crippen LogP contribution in [0.2, 0.25) is 0 Å². The molecule has 0 bridgehead atoms. The number of ether oxygens (including phenoxy) is 1. The summed E-state index contributed by atoms with van der Waals surface area (Å²) >= 11 is 0. The smallest absolute Gasteiger partial charge is 0.155 e. The van der Waals surface area contributed by atoms with E-state index in [-0.39, 0.29) is 0 Å². The van der Waals surface area contributed by atoms with Crippen molar-refractivity contribution in [3.63, 3.8) is 0 Å². The number of carbonyl (C=O) groups is 1. The lowest BCUT2D eigenvalue weighted by Crippen LogP contribution is -2.10. The number of aromatic nitrogens is 1. The van der Waals surface area contributed by atoms with Gasteiger partial charge in [-0.25, -0.2) is 0 Å². The number of Topliss-reactive ketones (excluding diaryl/α,β-unsaturated/α-hetero) is 1. The van der Waals surface area contributed by atoms with Crippen LogP contribution in [0.1, 0.15) is 19.8 Å². The second kappa shape index (κ2) is 4.48. The second-order valence-electron chi connectivity index (χ2n) is 4.84. The fourth-order valence-electron chi connectivity index (χ4n) is 2.27. The van der Waals surface area contributed by atoms with E-state index in [1.54, 1.807) is 0 Å². The van der Waals surface area contributed by atoms with E-state index in [1.807, 2.05) is 42.0 Å². The Morgan fingerprint density at radius 1 is 1.39 bits per heavy atom. The van der Waals surface area contributed by atoms with E-state index in [9.17, 15) is 4.79 Å². The van der Waals surface area contributed by atoms with Gasteiger partial charge in [-0.05, 0) is 44.0 Å². The second-order valence-corrected chi connectivity index (χ2v) is 4.84. The highest BCUT2D eigenvalue weighted by Crippen LogP contribution is 2.31. The number of ketones is 1. The summed E-state index contributed by atoms with van der Waals surface area (Å²) in [6.45, 7) is 3.15. The first-order valence-electron chi connectivity index (χ1n) is 6.52. The van der Waals surface area contributed by atoms with E-state index in [2.05, 4.69) is 0 Å². The van der Waals surface area contributed by atoms with E-state index in [4.69, 9.17) is 4.74 Å². The molecule has 3 rings (SSSR count). The Labute approximate surface area is 106 Å². The third kappa shape index (κ3) is 2.13.